The second kappa shape index (κ2) is 4.99. The number of nitrogens with one attached hydrogen (secondary N) is 1. The van der Waals surface area contributed by atoms with E-state index in [-0.39, 0.29) is 0 Å². The molecule has 0 bridgehead atoms. The minimum atomic E-state index is 0.632. The van der Waals surface area contributed by atoms with Gasteiger partial charge in [-0.15, -0.1) is 11.3 Å². The van der Waals surface area contributed by atoms with Crippen LogP contribution in [0.1, 0.15) is 9.75 Å². The summed E-state index contributed by atoms with van der Waals surface area (Å²) >= 11 is 1.81. The number of nitrogens with zero attached hydrogens (tertiary/aromatic N) is 1. The number of thiophene rings is 1. The smallest absolute Gasteiger partial charge is 0.214 e. The van der Waals surface area contributed by atoms with E-state index in [2.05, 4.69) is 29.4 Å². The lowest BCUT2D eigenvalue weighted by Gasteiger charge is -2.05. The number of hydrogen-bond donors (Lipinski definition) is 1. The summed E-state index contributed by atoms with van der Waals surface area (Å²) in [5.74, 6) is 0.632. The number of pyridine rings is 1. The molecule has 0 aliphatic rings. The van der Waals surface area contributed by atoms with Crippen LogP contribution in [0, 0.1) is 6.92 Å². The number of hydrogen-bond acceptors (Lipinski definition) is 4. The van der Waals surface area contributed by atoms with Crippen molar-refractivity contribution in [1.29, 1.82) is 0 Å². The summed E-state index contributed by atoms with van der Waals surface area (Å²) in [6.07, 6.45) is 1.74. The van der Waals surface area contributed by atoms with Crippen molar-refractivity contribution < 1.29 is 4.74 Å². The second-order valence-corrected chi connectivity index (χ2v) is 4.83. The summed E-state index contributed by atoms with van der Waals surface area (Å²) in [7, 11) is 1.62. The maximum Gasteiger partial charge on any atom is 0.214 e. The van der Waals surface area contributed by atoms with Gasteiger partial charge in [-0.2, -0.15) is 0 Å². The third-order valence-corrected chi connectivity index (χ3v) is 3.21. The van der Waals surface area contributed by atoms with Crippen LogP contribution >= 0.6 is 11.3 Å². The highest BCUT2D eigenvalue weighted by atomic mass is 32.1. The molecule has 0 saturated carbocycles. The third kappa shape index (κ3) is 2.73. The Balaban J connectivity index is 1.99. The fourth-order valence-electron chi connectivity index (χ4n) is 1.40. The van der Waals surface area contributed by atoms with Crippen molar-refractivity contribution in [3.05, 3.63) is 40.2 Å². The number of ether oxygens (including phenoxy) is 1. The average Bonchev–Trinajstić information content (AvgIpc) is 2.73. The molecule has 0 aliphatic carbocycles. The van der Waals surface area contributed by atoms with Gasteiger partial charge in [0.2, 0.25) is 5.88 Å². The summed E-state index contributed by atoms with van der Waals surface area (Å²) in [5, 5.41) is 3.34. The van der Waals surface area contributed by atoms with Crippen molar-refractivity contribution in [1.82, 2.24) is 4.98 Å². The molecule has 1 N–H and O–H groups in total. The Labute approximate surface area is 99.1 Å². The van der Waals surface area contributed by atoms with Crippen molar-refractivity contribution in [3.63, 3.8) is 0 Å². The zero-order valence-electron chi connectivity index (χ0n) is 9.36. The first kappa shape index (κ1) is 11.0. The van der Waals surface area contributed by atoms with E-state index >= 15 is 0 Å². The van der Waals surface area contributed by atoms with Crippen molar-refractivity contribution in [2.45, 2.75) is 13.5 Å². The van der Waals surface area contributed by atoms with Gasteiger partial charge in [-0.25, -0.2) is 4.98 Å². The maximum absolute atomic E-state index is 5.06. The summed E-state index contributed by atoms with van der Waals surface area (Å²) in [6, 6.07) is 8.10. The molecule has 0 amide bonds. The first-order valence-electron chi connectivity index (χ1n) is 5.07. The molecule has 0 spiro atoms. The molecule has 2 aromatic rings. The van der Waals surface area contributed by atoms with Gasteiger partial charge in [-0.05, 0) is 25.1 Å². The molecular weight excluding hydrogens is 220 g/mol. The van der Waals surface area contributed by atoms with E-state index in [1.807, 2.05) is 23.5 Å². The number of aryl methyl sites for hydroxylation is 1. The highest BCUT2D eigenvalue weighted by Gasteiger charge is 1.98. The van der Waals surface area contributed by atoms with Gasteiger partial charge in [0.15, 0.2) is 0 Å². The predicted octanol–water partition coefficient (Wildman–Crippen LogP) is 3.07. The predicted molar refractivity (Wildman–Crippen MR) is 67.2 cm³/mol. The van der Waals surface area contributed by atoms with E-state index in [0.29, 0.717) is 5.88 Å². The van der Waals surface area contributed by atoms with Crippen LogP contribution in [0.2, 0.25) is 0 Å². The van der Waals surface area contributed by atoms with Crippen LogP contribution in [-0.2, 0) is 6.54 Å². The van der Waals surface area contributed by atoms with Gasteiger partial charge in [0, 0.05) is 34.2 Å². The number of aromatic nitrogens is 1. The standard InChI is InChI=1S/C12H14N2OS/c1-9-3-4-11(16-9)8-14-10-5-6-13-12(7-10)15-2/h3-7H,8H2,1-2H3,(H,13,14). The lowest BCUT2D eigenvalue weighted by molar-refractivity contribution is 0.398. The van der Waals surface area contributed by atoms with Gasteiger partial charge in [0.05, 0.1) is 7.11 Å². The number of anilines is 1. The van der Waals surface area contributed by atoms with E-state index in [1.165, 1.54) is 9.75 Å². The molecule has 16 heavy (non-hydrogen) atoms. The molecule has 84 valence electrons. The van der Waals surface area contributed by atoms with Crippen LogP contribution in [0.25, 0.3) is 0 Å². The van der Waals surface area contributed by atoms with Gasteiger partial charge < -0.3 is 10.1 Å². The minimum absolute atomic E-state index is 0.632. The summed E-state index contributed by atoms with van der Waals surface area (Å²) in [4.78, 5) is 6.72. The molecule has 0 fully saturated rings. The van der Waals surface area contributed by atoms with Gasteiger partial charge in [0.25, 0.3) is 0 Å². The number of methoxy groups -OCH3 is 1. The molecule has 0 saturated heterocycles. The normalized spacial score (nSPS) is 10.1. The van der Waals surface area contributed by atoms with Crippen LogP contribution in [0.3, 0.4) is 0 Å². The van der Waals surface area contributed by atoms with E-state index in [1.54, 1.807) is 13.3 Å². The monoisotopic (exact) mass is 234 g/mol. The number of rotatable bonds is 4. The van der Waals surface area contributed by atoms with E-state index in [0.717, 1.165) is 12.2 Å². The van der Waals surface area contributed by atoms with E-state index in [4.69, 9.17) is 4.74 Å². The average molecular weight is 234 g/mol. The van der Waals surface area contributed by atoms with Crippen molar-refractivity contribution in [2.75, 3.05) is 12.4 Å². The Hall–Kier alpha value is -1.55. The van der Waals surface area contributed by atoms with Gasteiger partial charge in [0.1, 0.15) is 0 Å². The largest absolute Gasteiger partial charge is 0.481 e. The first-order chi connectivity index (χ1) is 7.78. The van der Waals surface area contributed by atoms with Crippen molar-refractivity contribution in [3.8, 4) is 5.88 Å². The van der Waals surface area contributed by atoms with Crippen LogP contribution < -0.4 is 10.1 Å². The SMILES string of the molecule is COc1cc(NCc2ccc(C)s2)ccn1. The molecule has 3 nitrogen and oxygen atoms in total. The highest BCUT2D eigenvalue weighted by Crippen LogP contribution is 2.18. The molecule has 0 aliphatic heterocycles. The molecule has 0 radical (unpaired) electrons. The Bertz CT molecular complexity index is 468. The molecule has 0 atom stereocenters. The topological polar surface area (TPSA) is 34.1 Å². The summed E-state index contributed by atoms with van der Waals surface area (Å²) in [5.41, 5.74) is 1.03. The summed E-state index contributed by atoms with van der Waals surface area (Å²) in [6.45, 7) is 2.95. The van der Waals surface area contributed by atoms with Gasteiger partial charge >= 0.3 is 0 Å². The third-order valence-electron chi connectivity index (χ3n) is 2.21. The Morgan fingerprint density at radius 1 is 1.38 bits per heavy atom. The molecule has 2 heterocycles. The maximum atomic E-state index is 5.06. The zero-order chi connectivity index (χ0) is 11.4. The Morgan fingerprint density at radius 3 is 2.94 bits per heavy atom. The quantitative estimate of drug-likeness (QED) is 0.882. The van der Waals surface area contributed by atoms with E-state index in [9.17, 15) is 0 Å². The van der Waals surface area contributed by atoms with Crippen molar-refractivity contribution in [2.24, 2.45) is 0 Å². The van der Waals surface area contributed by atoms with Crippen LogP contribution in [0.15, 0.2) is 30.5 Å². The lowest BCUT2D eigenvalue weighted by atomic mass is 10.3. The first-order valence-corrected chi connectivity index (χ1v) is 5.89. The Kier molecular flexibility index (Phi) is 3.41. The molecule has 2 aromatic heterocycles. The van der Waals surface area contributed by atoms with Crippen LogP contribution in [-0.4, -0.2) is 12.1 Å². The molecule has 0 aromatic carbocycles. The van der Waals surface area contributed by atoms with Crippen molar-refractivity contribution >= 4 is 17.0 Å². The lowest BCUT2D eigenvalue weighted by Crippen LogP contribution is -1.98. The molecule has 0 unspecified atom stereocenters. The second-order valence-electron chi connectivity index (χ2n) is 3.45. The fraction of sp³-hybridized carbons (Fsp3) is 0.250. The molecule has 2 rings (SSSR count). The Morgan fingerprint density at radius 2 is 2.25 bits per heavy atom. The van der Waals surface area contributed by atoms with Crippen LogP contribution in [0.4, 0.5) is 5.69 Å². The summed E-state index contributed by atoms with van der Waals surface area (Å²) < 4.78 is 5.06. The van der Waals surface area contributed by atoms with Gasteiger partial charge in [-0.3, -0.25) is 0 Å². The van der Waals surface area contributed by atoms with Crippen LogP contribution in [0.5, 0.6) is 5.88 Å². The fourth-order valence-corrected chi connectivity index (χ4v) is 2.23. The van der Waals surface area contributed by atoms with E-state index < -0.39 is 0 Å². The zero-order valence-corrected chi connectivity index (χ0v) is 10.2. The van der Waals surface area contributed by atoms with Gasteiger partial charge in [-0.1, -0.05) is 0 Å². The minimum Gasteiger partial charge on any atom is -0.481 e. The molecular formula is C12H14N2OS. The molecule has 4 heteroatoms. The highest BCUT2D eigenvalue weighted by molar-refractivity contribution is 7.11.